The van der Waals surface area contributed by atoms with Gasteiger partial charge in [-0.2, -0.15) is 5.06 Å². The Balaban J connectivity index is 1.70. The molecule has 1 amide bonds. The number of aryl methyl sites for hydroxylation is 1. The molecule has 0 spiro atoms. The summed E-state index contributed by atoms with van der Waals surface area (Å²) in [5.41, 5.74) is 3.36. The molecule has 0 radical (unpaired) electrons. The van der Waals surface area contributed by atoms with Crippen molar-refractivity contribution in [2.75, 3.05) is 31.7 Å². The zero-order chi connectivity index (χ0) is 20.4. The van der Waals surface area contributed by atoms with Crippen LogP contribution in [-0.2, 0) is 4.79 Å². The lowest BCUT2D eigenvalue weighted by molar-refractivity contribution is -0.155. The number of anilines is 1. The van der Waals surface area contributed by atoms with Gasteiger partial charge in [0.25, 0.3) is 11.8 Å². The number of hydrazine groups is 1. The molecule has 0 aliphatic rings. The van der Waals surface area contributed by atoms with Crippen molar-refractivity contribution < 1.29 is 19.5 Å². The third-order valence-corrected chi connectivity index (χ3v) is 3.74. The molecule has 1 aromatic heterocycles. The predicted molar refractivity (Wildman–Crippen MR) is 103 cm³/mol. The van der Waals surface area contributed by atoms with Crippen LogP contribution in [0.3, 0.4) is 0 Å². The number of aliphatic hydroxyl groups excluding tert-OH is 1. The van der Waals surface area contributed by atoms with Gasteiger partial charge in [0.2, 0.25) is 0 Å². The number of para-hydroxylation sites is 1. The van der Waals surface area contributed by atoms with E-state index >= 15 is 0 Å². The van der Waals surface area contributed by atoms with E-state index in [-0.39, 0.29) is 24.9 Å². The number of nitrogens with two attached hydrogens (primary N) is 1. The van der Waals surface area contributed by atoms with Crippen LogP contribution in [0, 0.1) is 6.92 Å². The Bertz CT molecular complexity index is 743. The third kappa shape index (κ3) is 6.99. The normalized spacial score (nSPS) is 11.6. The molecule has 1 unspecified atom stereocenters. The van der Waals surface area contributed by atoms with Crippen LogP contribution in [0.15, 0.2) is 36.4 Å². The molecule has 0 aliphatic heterocycles. The third-order valence-electron chi connectivity index (χ3n) is 3.74. The van der Waals surface area contributed by atoms with E-state index in [4.69, 9.17) is 15.4 Å². The van der Waals surface area contributed by atoms with Crippen molar-refractivity contribution in [3.05, 3.63) is 42.0 Å². The van der Waals surface area contributed by atoms with Crippen LogP contribution in [0.4, 0.5) is 5.82 Å². The summed E-state index contributed by atoms with van der Waals surface area (Å²) in [4.78, 5) is 17.1. The molecule has 5 N–H and O–H groups in total. The maximum absolute atomic E-state index is 11.7. The van der Waals surface area contributed by atoms with Crippen LogP contribution in [0.5, 0.6) is 11.6 Å². The Morgan fingerprint density at radius 1 is 1.29 bits per heavy atom. The van der Waals surface area contributed by atoms with E-state index in [1.54, 1.807) is 6.07 Å². The van der Waals surface area contributed by atoms with Gasteiger partial charge < -0.3 is 25.4 Å². The highest BCUT2D eigenvalue weighted by atomic mass is 16.7. The topological polar surface area (TPSA) is 135 Å². The number of nitrogens with zero attached hydrogens (tertiary/aromatic N) is 3. The monoisotopic (exact) mass is 390 g/mol. The molecule has 28 heavy (non-hydrogen) atoms. The quantitative estimate of drug-likeness (QED) is 0.242. The lowest BCUT2D eigenvalue weighted by atomic mass is 10.2. The van der Waals surface area contributed by atoms with Gasteiger partial charge in [-0.05, 0) is 24.6 Å². The number of hydroxylamine groups is 2. The van der Waals surface area contributed by atoms with Gasteiger partial charge in [-0.3, -0.25) is 4.79 Å². The molecule has 0 bridgehead atoms. The molecule has 152 valence electrons. The minimum Gasteiger partial charge on any atom is -0.491 e. The fraction of sp³-hybridized carbons (Fsp3) is 0.389. The minimum absolute atomic E-state index is 0.167. The van der Waals surface area contributed by atoms with Crippen LogP contribution in [0.2, 0.25) is 0 Å². The van der Waals surface area contributed by atoms with Gasteiger partial charge in [-0.25, -0.2) is 5.84 Å². The number of ether oxygens (including phenoxy) is 1. The Hall–Kier alpha value is -2.95. The highest BCUT2D eigenvalue weighted by Gasteiger charge is 2.13. The van der Waals surface area contributed by atoms with Crippen LogP contribution in [-0.4, -0.2) is 58.6 Å². The molecule has 1 atom stereocenters. The SMILES string of the molecule is CC(=O)N(CCNCC(O)COc1ccccc1C)Oc1ccc(NN)nn1. The largest absolute Gasteiger partial charge is 0.491 e. The smallest absolute Gasteiger partial charge is 0.265 e. The molecule has 0 fully saturated rings. The van der Waals surface area contributed by atoms with E-state index in [0.717, 1.165) is 16.4 Å². The second-order valence-electron chi connectivity index (χ2n) is 6.05. The number of hydrogen-bond acceptors (Lipinski definition) is 9. The van der Waals surface area contributed by atoms with Gasteiger partial charge >= 0.3 is 0 Å². The van der Waals surface area contributed by atoms with Crippen molar-refractivity contribution in [1.82, 2.24) is 20.6 Å². The van der Waals surface area contributed by atoms with E-state index < -0.39 is 6.10 Å². The van der Waals surface area contributed by atoms with Crippen LogP contribution in [0.1, 0.15) is 12.5 Å². The van der Waals surface area contributed by atoms with E-state index in [1.165, 1.54) is 13.0 Å². The molecular weight excluding hydrogens is 364 g/mol. The van der Waals surface area contributed by atoms with Crippen molar-refractivity contribution in [3.8, 4) is 11.6 Å². The standard InChI is InChI=1S/C18H26N6O4/c1-13-5-3-4-6-16(13)27-12-15(26)11-20-9-10-24(14(2)25)28-18-8-7-17(21-19)22-23-18/h3-8,15,20,26H,9-12,19H2,1-2H3,(H,21,22). The van der Waals surface area contributed by atoms with E-state index in [0.29, 0.717) is 18.9 Å². The van der Waals surface area contributed by atoms with Gasteiger partial charge in [-0.1, -0.05) is 18.2 Å². The number of amides is 1. The number of rotatable bonds is 11. The molecule has 10 heteroatoms. The zero-order valence-corrected chi connectivity index (χ0v) is 16.0. The van der Waals surface area contributed by atoms with E-state index in [1.807, 2.05) is 31.2 Å². The zero-order valence-electron chi connectivity index (χ0n) is 16.0. The van der Waals surface area contributed by atoms with Crippen molar-refractivity contribution in [2.45, 2.75) is 20.0 Å². The Labute approximate surface area is 163 Å². The summed E-state index contributed by atoms with van der Waals surface area (Å²) in [5, 5.41) is 21.8. The highest BCUT2D eigenvalue weighted by molar-refractivity contribution is 5.72. The number of carbonyl (C=O) groups excluding carboxylic acids is 1. The fourth-order valence-corrected chi connectivity index (χ4v) is 2.24. The molecule has 2 aromatic rings. The first-order chi connectivity index (χ1) is 13.5. The Kier molecular flexibility index (Phi) is 8.40. The summed E-state index contributed by atoms with van der Waals surface area (Å²) < 4.78 is 5.60. The number of aromatic nitrogens is 2. The summed E-state index contributed by atoms with van der Waals surface area (Å²) >= 11 is 0. The van der Waals surface area contributed by atoms with Gasteiger partial charge in [0.1, 0.15) is 18.5 Å². The lowest BCUT2D eigenvalue weighted by Crippen LogP contribution is -2.40. The van der Waals surface area contributed by atoms with Crippen LogP contribution >= 0.6 is 0 Å². The van der Waals surface area contributed by atoms with Gasteiger partial charge in [0.15, 0.2) is 5.82 Å². The summed E-state index contributed by atoms with van der Waals surface area (Å²) in [7, 11) is 0. The first kappa shape index (κ1) is 21.4. The molecule has 0 saturated carbocycles. The van der Waals surface area contributed by atoms with E-state index in [2.05, 4.69) is 20.9 Å². The molecule has 10 nitrogen and oxygen atoms in total. The van der Waals surface area contributed by atoms with Gasteiger partial charge in [-0.15, -0.1) is 10.2 Å². The highest BCUT2D eigenvalue weighted by Crippen LogP contribution is 2.16. The van der Waals surface area contributed by atoms with Gasteiger partial charge in [0, 0.05) is 26.1 Å². The molecule has 0 saturated heterocycles. The molecule has 0 aliphatic carbocycles. The average molecular weight is 390 g/mol. The maximum Gasteiger partial charge on any atom is 0.265 e. The number of nitrogens with one attached hydrogen (secondary N) is 2. The number of benzene rings is 1. The molecular formula is C18H26N6O4. The lowest BCUT2D eigenvalue weighted by Gasteiger charge is -2.20. The van der Waals surface area contributed by atoms with Crippen molar-refractivity contribution in [3.63, 3.8) is 0 Å². The summed E-state index contributed by atoms with van der Waals surface area (Å²) in [6, 6.07) is 10.7. The van der Waals surface area contributed by atoms with Crippen molar-refractivity contribution in [1.29, 1.82) is 0 Å². The fourth-order valence-electron chi connectivity index (χ4n) is 2.24. The predicted octanol–water partition coefficient (Wildman–Crippen LogP) is 0.242. The van der Waals surface area contributed by atoms with Crippen molar-refractivity contribution >= 4 is 11.7 Å². The number of aliphatic hydroxyl groups is 1. The number of nitrogen functional groups attached to an aromatic ring is 1. The Morgan fingerprint density at radius 3 is 2.71 bits per heavy atom. The number of hydrogen-bond donors (Lipinski definition) is 4. The second kappa shape index (κ2) is 11.0. The molecule has 1 aromatic carbocycles. The molecule has 1 heterocycles. The van der Waals surface area contributed by atoms with E-state index in [9.17, 15) is 9.90 Å². The second-order valence-corrected chi connectivity index (χ2v) is 6.05. The average Bonchev–Trinajstić information content (AvgIpc) is 2.70. The first-order valence-electron chi connectivity index (χ1n) is 8.83. The number of carbonyl (C=O) groups is 1. The van der Waals surface area contributed by atoms with Crippen LogP contribution in [0.25, 0.3) is 0 Å². The first-order valence-corrected chi connectivity index (χ1v) is 8.83. The summed E-state index contributed by atoms with van der Waals surface area (Å²) in [6.07, 6.45) is -0.687. The maximum atomic E-state index is 11.7. The summed E-state index contributed by atoms with van der Waals surface area (Å²) in [6.45, 7) is 4.49. The minimum atomic E-state index is -0.687. The van der Waals surface area contributed by atoms with Crippen molar-refractivity contribution in [2.24, 2.45) is 5.84 Å². The van der Waals surface area contributed by atoms with Gasteiger partial charge in [0.05, 0.1) is 6.54 Å². The van der Waals surface area contributed by atoms with Crippen LogP contribution < -0.4 is 26.2 Å². The Morgan fingerprint density at radius 2 is 2.07 bits per heavy atom. The summed E-state index contributed by atoms with van der Waals surface area (Å²) in [5.74, 6) is 6.23. The molecule has 2 rings (SSSR count).